The van der Waals surface area contributed by atoms with Gasteiger partial charge in [-0.2, -0.15) is 0 Å². The predicted molar refractivity (Wildman–Crippen MR) is 82.3 cm³/mol. The molecule has 1 aliphatic rings. The van der Waals surface area contributed by atoms with E-state index in [0.29, 0.717) is 0 Å². The number of halogens is 2. The minimum Gasteiger partial charge on any atom is -0.484 e. The van der Waals surface area contributed by atoms with Crippen molar-refractivity contribution < 1.29 is 23.5 Å². The van der Waals surface area contributed by atoms with Gasteiger partial charge in [0.1, 0.15) is 24.7 Å². The maximum Gasteiger partial charge on any atom is 0.332 e. The smallest absolute Gasteiger partial charge is 0.332 e. The number of hydrogen-bond acceptors (Lipinski definition) is 4. The molecule has 0 aliphatic carbocycles. The molecule has 0 saturated carbocycles. The molecule has 8 heteroatoms. The Bertz CT molecular complexity index is 678. The van der Waals surface area contributed by atoms with E-state index >= 15 is 0 Å². The van der Waals surface area contributed by atoms with E-state index in [1.165, 1.54) is 11.8 Å². The number of anilines is 1. The van der Waals surface area contributed by atoms with Gasteiger partial charge < -0.3 is 9.64 Å². The molecule has 0 spiro atoms. The molecule has 23 heavy (non-hydrogen) atoms. The Labute approximate surface area is 137 Å². The molecule has 0 unspecified atom stereocenters. The van der Waals surface area contributed by atoms with E-state index in [2.05, 4.69) is 0 Å². The molecule has 0 bridgehead atoms. The minimum absolute atomic E-state index is 0.0295. The number of hydrogen-bond donors (Lipinski definition) is 0. The highest BCUT2D eigenvalue weighted by molar-refractivity contribution is 6.32. The molecule has 124 valence electrons. The van der Waals surface area contributed by atoms with Crippen LogP contribution < -0.4 is 9.64 Å². The fourth-order valence-electron chi connectivity index (χ4n) is 2.14. The highest BCUT2D eigenvalue weighted by Gasteiger charge is 2.40. The van der Waals surface area contributed by atoms with Crippen LogP contribution in [0.3, 0.4) is 0 Å². The number of urea groups is 1. The van der Waals surface area contributed by atoms with Gasteiger partial charge in [-0.05, 0) is 26.8 Å². The van der Waals surface area contributed by atoms with Gasteiger partial charge in [0.05, 0.1) is 10.7 Å². The summed E-state index contributed by atoms with van der Waals surface area (Å²) in [5, 5.41) is -0.0488. The van der Waals surface area contributed by atoms with E-state index in [4.69, 9.17) is 16.3 Å². The van der Waals surface area contributed by atoms with Crippen molar-refractivity contribution in [2.24, 2.45) is 0 Å². The lowest BCUT2D eigenvalue weighted by molar-refractivity contribution is -0.119. The first kappa shape index (κ1) is 17.2. The van der Waals surface area contributed by atoms with E-state index < -0.39 is 17.8 Å². The van der Waals surface area contributed by atoms with Crippen LogP contribution in [0.5, 0.6) is 5.75 Å². The molecular formula is C15H16ClFN2O4. The number of ketones is 1. The fourth-order valence-corrected chi connectivity index (χ4v) is 2.34. The van der Waals surface area contributed by atoms with Crippen molar-refractivity contribution in [3.8, 4) is 5.75 Å². The van der Waals surface area contributed by atoms with Crippen LogP contribution in [0.4, 0.5) is 14.9 Å². The molecule has 2 rings (SSSR count). The van der Waals surface area contributed by atoms with Crippen molar-refractivity contribution in [2.45, 2.75) is 26.8 Å². The first-order chi connectivity index (χ1) is 10.7. The lowest BCUT2D eigenvalue weighted by Gasteiger charge is -2.21. The maximum absolute atomic E-state index is 14.2. The summed E-state index contributed by atoms with van der Waals surface area (Å²) < 4.78 is 19.4. The number of benzene rings is 1. The number of amides is 3. The lowest BCUT2D eigenvalue weighted by Crippen LogP contribution is -2.37. The Kier molecular flexibility index (Phi) is 4.89. The highest BCUT2D eigenvalue weighted by atomic mass is 35.5. The van der Waals surface area contributed by atoms with Crippen molar-refractivity contribution in [1.82, 2.24) is 4.90 Å². The van der Waals surface area contributed by atoms with Crippen LogP contribution in [0.15, 0.2) is 12.1 Å². The number of ether oxygens (including phenoxy) is 1. The van der Waals surface area contributed by atoms with Crippen LogP contribution in [-0.4, -0.2) is 41.8 Å². The van der Waals surface area contributed by atoms with Crippen molar-refractivity contribution in [1.29, 1.82) is 0 Å². The van der Waals surface area contributed by atoms with Crippen molar-refractivity contribution in [3.05, 3.63) is 23.0 Å². The molecule has 1 aliphatic heterocycles. The molecule has 1 fully saturated rings. The summed E-state index contributed by atoms with van der Waals surface area (Å²) in [5.74, 6) is -1.58. The Morgan fingerprint density at radius 2 is 2.04 bits per heavy atom. The highest BCUT2D eigenvalue weighted by Crippen LogP contribution is 2.34. The Hall–Kier alpha value is -2.15. The van der Waals surface area contributed by atoms with Gasteiger partial charge in [0, 0.05) is 12.1 Å². The normalized spacial score (nSPS) is 14.9. The third kappa shape index (κ3) is 3.44. The molecule has 3 amide bonds. The SMILES string of the molecule is CC(=O)COc1cc(N2C(=O)CN(C(C)C)C2=O)c(F)cc1Cl. The van der Waals surface area contributed by atoms with E-state index in [0.717, 1.165) is 17.0 Å². The molecule has 0 radical (unpaired) electrons. The Balaban J connectivity index is 2.39. The first-order valence-corrected chi connectivity index (χ1v) is 7.35. The molecule has 1 saturated heterocycles. The zero-order valence-corrected chi connectivity index (χ0v) is 13.7. The number of carbonyl (C=O) groups is 3. The zero-order chi connectivity index (χ0) is 17.3. The summed E-state index contributed by atoms with van der Waals surface area (Å²) in [6.45, 7) is 4.47. The topological polar surface area (TPSA) is 66.9 Å². The number of carbonyl (C=O) groups excluding carboxylic acids is 3. The Morgan fingerprint density at radius 1 is 1.39 bits per heavy atom. The molecule has 1 aromatic carbocycles. The van der Waals surface area contributed by atoms with Crippen LogP contribution >= 0.6 is 11.6 Å². The van der Waals surface area contributed by atoms with Crippen LogP contribution in [0.1, 0.15) is 20.8 Å². The summed E-state index contributed by atoms with van der Waals surface area (Å²) in [4.78, 5) is 37.5. The van der Waals surface area contributed by atoms with E-state index in [1.54, 1.807) is 13.8 Å². The average Bonchev–Trinajstić information content (AvgIpc) is 2.74. The number of Topliss-reactive ketones (excluding diaryl/α,β-unsaturated/α-hetero) is 1. The molecule has 0 atom stereocenters. The number of imide groups is 1. The largest absolute Gasteiger partial charge is 0.484 e. The van der Waals surface area contributed by atoms with Crippen molar-refractivity contribution in [2.75, 3.05) is 18.1 Å². The fraction of sp³-hybridized carbons (Fsp3) is 0.400. The van der Waals surface area contributed by atoms with Gasteiger partial charge in [0.15, 0.2) is 5.78 Å². The average molecular weight is 343 g/mol. The standard InChI is InChI=1S/C15H16ClFN2O4/c1-8(2)18-6-14(21)19(15(18)22)12-5-13(23-7-9(3)20)10(16)4-11(12)17/h4-5,8H,6-7H2,1-3H3. The molecule has 6 nitrogen and oxygen atoms in total. The third-order valence-corrected chi connectivity index (χ3v) is 3.58. The monoisotopic (exact) mass is 342 g/mol. The molecular weight excluding hydrogens is 327 g/mol. The summed E-state index contributed by atoms with van der Waals surface area (Å²) in [6, 6.07) is 1.30. The maximum atomic E-state index is 14.2. The lowest BCUT2D eigenvalue weighted by atomic mass is 10.2. The van der Waals surface area contributed by atoms with E-state index in [1.807, 2.05) is 0 Å². The van der Waals surface area contributed by atoms with Gasteiger partial charge >= 0.3 is 6.03 Å². The first-order valence-electron chi connectivity index (χ1n) is 6.97. The number of nitrogens with zero attached hydrogens (tertiary/aromatic N) is 2. The number of rotatable bonds is 5. The van der Waals surface area contributed by atoms with Gasteiger partial charge in [-0.1, -0.05) is 11.6 Å². The molecule has 1 heterocycles. The van der Waals surface area contributed by atoms with Gasteiger partial charge in [-0.25, -0.2) is 14.1 Å². The van der Waals surface area contributed by atoms with Crippen LogP contribution in [0.25, 0.3) is 0 Å². The summed E-state index contributed by atoms with van der Waals surface area (Å²) in [7, 11) is 0. The second-order valence-corrected chi connectivity index (χ2v) is 5.87. The van der Waals surface area contributed by atoms with E-state index in [9.17, 15) is 18.8 Å². The van der Waals surface area contributed by atoms with Gasteiger partial charge in [-0.3, -0.25) is 9.59 Å². The summed E-state index contributed by atoms with van der Waals surface area (Å²) >= 11 is 5.87. The Morgan fingerprint density at radius 3 is 2.57 bits per heavy atom. The van der Waals surface area contributed by atoms with Crippen LogP contribution in [0.2, 0.25) is 5.02 Å². The molecule has 1 aromatic rings. The van der Waals surface area contributed by atoms with Crippen LogP contribution in [0, 0.1) is 5.82 Å². The second-order valence-electron chi connectivity index (χ2n) is 5.46. The van der Waals surface area contributed by atoms with Crippen LogP contribution in [-0.2, 0) is 9.59 Å². The molecule has 0 aromatic heterocycles. The molecule has 0 N–H and O–H groups in total. The predicted octanol–water partition coefficient (Wildman–Crippen LogP) is 2.62. The van der Waals surface area contributed by atoms with Gasteiger partial charge in [0.25, 0.3) is 5.91 Å². The quantitative estimate of drug-likeness (QED) is 0.771. The third-order valence-electron chi connectivity index (χ3n) is 3.29. The van der Waals surface area contributed by atoms with E-state index in [-0.39, 0.29) is 41.4 Å². The van der Waals surface area contributed by atoms with Gasteiger partial charge in [-0.15, -0.1) is 0 Å². The minimum atomic E-state index is -0.822. The van der Waals surface area contributed by atoms with Crippen molar-refractivity contribution in [3.63, 3.8) is 0 Å². The second kappa shape index (κ2) is 6.54. The van der Waals surface area contributed by atoms with Crippen molar-refractivity contribution >= 4 is 35.0 Å². The summed E-state index contributed by atoms with van der Waals surface area (Å²) in [5.41, 5.74) is -0.244. The van der Waals surface area contributed by atoms with Gasteiger partial charge in [0.2, 0.25) is 0 Å². The zero-order valence-electron chi connectivity index (χ0n) is 12.9. The summed E-state index contributed by atoms with van der Waals surface area (Å²) in [6.07, 6.45) is 0.